The number of imidazole rings is 1. The highest BCUT2D eigenvalue weighted by Gasteiger charge is 2.11. The second kappa shape index (κ2) is 6.40. The maximum atomic E-state index is 14.2. The average Bonchev–Trinajstić information content (AvgIpc) is 3.23. The van der Waals surface area contributed by atoms with Crippen molar-refractivity contribution >= 4 is 17.5 Å². The molecule has 0 aliphatic rings. The third-order valence-corrected chi connectivity index (χ3v) is 3.90. The molecule has 0 bridgehead atoms. The van der Waals surface area contributed by atoms with E-state index < -0.39 is 0 Å². The van der Waals surface area contributed by atoms with E-state index >= 15 is 0 Å². The van der Waals surface area contributed by atoms with E-state index in [1.165, 1.54) is 10.6 Å². The fourth-order valence-electron chi connectivity index (χ4n) is 2.66. The average molecular weight is 350 g/mol. The molecule has 0 atom stereocenters. The van der Waals surface area contributed by atoms with Gasteiger partial charge in [-0.2, -0.15) is 4.98 Å². The second-order valence-corrected chi connectivity index (χ2v) is 5.92. The van der Waals surface area contributed by atoms with E-state index in [0.717, 1.165) is 5.56 Å². The molecule has 4 rings (SSSR count). The predicted octanol–water partition coefficient (Wildman–Crippen LogP) is 2.68. The molecule has 8 heteroatoms. The fourth-order valence-corrected chi connectivity index (χ4v) is 2.66. The van der Waals surface area contributed by atoms with Crippen LogP contribution in [0.2, 0.25) is 0 Å². The Balaban J connectivity index is 1.58. The third kappa shape index (κ3) is 3.16. The molecule has 0 unspecified atom stereocenters. The fraction of sp³-hybridized carbons (Fsp3) is 0.111. The van der Waals surface area contributed by atoms with Crippen LogP contribution in [0, 0.1) is 12.7 Å². The number of amides is 1. The van der Waals surface area contributed by atoms with Gasteiger partial charge < -0.3 is 4.57 Å². The van der Waals surface area contributed by atoms with Crippen molar-refractivity contribution in [2.45, 2.75) is 13.5 Å². The van der Waals surface area contributed by atoms with Gasteiger partial charge >= 0.3 is 0 Å². The molecular weight excluding hydrogens is 335 g/mol. The van der Waals surface area contributed by atoms with E-state index in [-0.39, 0.29) is 24.2 Å². The van der Waals surface area contributed by atoms with Crippen molar-refractivity contribution in [2.24, 2.45) is 0 Å². The minimum absolute atomic E-state index is 0.120. The highest BCUT2D eigenvalue weighted by Crippen LogP contribution is 2.24. The number of aryl methyl sites for hydroxylation is 1. The molecule has 0 aliphatic heterocycles. The largest absolute Gasteiger partial charge is 0.328 e. The number of anilines is 1. The number of halogens is 1. The molecule has 3 aromatic heterocycles. The number of nitrogens with zero attached hydrogens (tertiary/aromatic N) is 5. The second-order valence-electron chi connectivity index (χ2n) is 5.92. The first-order chi connectivity index (χ1) is 12.6. The molecule has 3 heterocycles. The summed E-state index contributed by atoms with van der Waals surface area (Å²) in [4.78, 5) is 20.2. The van der Waals surface area contributed by atoms with Crippen LogP contribution in [0.25, 0.3) is 16.8 Å². The lowest BCUT2D eigenvalue weighted by atomic mass is 10.1. The molecule has 0 radical (unpaired) electrons. The summed E-state index contributed by atoms with van der Waals surface area (Å²) in [6, 6.07) is 8.58. The Hall–Kier alpha value is -3.55. The van der Waals surface area contributed by atoms with Crippen molar-refractivity contribution in [3.8, 4) is 11.1 Å². The first-order valence-electron chi connectivity index (χ1n) is 7.97. The van der Waals surface area contributed by atoms with Gasteiger partial charge in [0.25, 0.3) is 0 Å². The van der Waals surface area contributed by atoms with Crippen LogP contribution >= 0.6 is 0 Å². The maximum absolute atomic E-state index is 14.2. The van der Waals surface area contributed by atoms with Crippen LogP contribution in [-0.2, 0) is 11.3 Å². The summed E-state index contributed by atoms with van der Waals surface area (Å²) in [6.07, 6.45) is 6.53. The summed E-state index contributed by atoms with van der Waals surface area (Å²) in [5, 5.41) is 6.88. The van der Waals surface area contributed by atoms with Gasteiger partial charge in [0.15, 0.2) is 5.65 Å². The number of rotatable bonds is 4. The van der Waals surface area contributed by atoms with Gasteiger partial charge in [-0.3, -0.25) is 10.1 Å². The van der Waals surface area contributed by atoms with E-state index in [4.69, 9.17) is 0 Å². The molecule has 0 fully saturated rings. The Morgan fingerprint density at radius 1 is 1.27 bits per heavy atom. The quantitative estimate of drug-likeness (QED) is 0.614. The number of carbonyl (C=O) groups is 1. The lowest BCUT2D eigenvalue weighted by Crippen LogP contribution is -2.18. The normalized spacial score (nSPS) is 11.0. The molecule has 1 N–H and O–H groups in total. The van der Waals surface area contributed by atoms with Crippen molar-refractivity contribution in [3.05, 3.63) is 66.6 Å². The lowest BCUT2D eigenvalue weighted by molar-refractivity contribution is -0.116. The van der Waals surface area contributed by atoms with E-state index in [1.54, 1.807) is 47.7 Å². The van der Waals surface area contributed by atoms with Crippen molar-refractivity contribution in [2.75, 3.05) is 5.32 Å². The number of hydrogen-bond donors (Lipinski definition) is 1. The topological polar surface area (TPSA) is 77.1 Å². The monoisotopic (exact) mass is 350 g/mol. The Kier molecular flexibility index (Phi) is 3.92. The summed E-state index contributed by atoms with van der Waals surface area (Å²) in [5.41, 5.74) is 2.57. The Labute approximate surface area is 148 Å². The molecule has 0 saturated carbocycles. The molecule has 0 spiro atoms. The van der Waals surface area contributed by atoms with Crippen LogP contribution in [0.3, 0.4) is 0 Å². The molecule has 7 nitrogen and oxygen atoms in total. The SMILES string of the molecule is Cc1ccc(-c2ccc3nc(NC(=O)Cn4ccnc4)nn3c2)c(F)c1. The molecule has 0 saturated heterocycles. The minimum Gasteiger partial charge on any atom is -0.328 e. The number of benzene rings is 1. The predicted molar refractivity (Wildman–Crippen MR) is 94.0 cm³/mol. The van der Waals surface area contributed by atoms with Crippen LogP contribution in [0.15, 0.2) is 55.2 Å². The van der Waals surface area contributed by atoms with Crippen molar-refractivity contribution in [3.63, 3.8) is 0 Å². The Morgan fingerprint density at radius 2 is 2.15 bits per heavy atom. The van der Waals surface area contributed by atoms with Crippen molar-refractivity contribution < 1.29 is 9.18 Å². The van der Waals surface area contributed by atoms with Gasteiger partial charge in [-0.25, -0.2) is 13.9 Å². The molecule has 4 aromatic rings. The number of carbonyl (C=O) groups excluding carboxylic acids is 1. The number of nitrogens with one attached hydrogen (secondary N) is 1. The Morgan fingerprint density at radius 3 is 2.92 bits per heavy atom. The zero-order chi connectivity index (χ0) is 18.1. The van der Waals surface area contributed by atoms with Crippen molar-refractivity contribution in [1.82, 2.24) is 24.1 Å². The van der Waals surface area contributed by atoms with E-state index in [1.807, 2.05) is 13.0 Å². The number of pyridine rings is 1. The van der Waals surface area contributed by atoms with Gasteiger partial charge in [-0.15, -0.1) is 5.10 Å². The van der Waals surface area contributed by atoms with Crippen LogP contribution in [0.1, 0.15) is 5.56 Å². The number of hydrogen-bond acceptors (Lipinski definition) is 4. The summed E-state index contributed by atoms with van der Waals surface area (Å²) in [5.74, 6) is -0.362. The van der Waals surface area contributed by atoms with Crippen LogP contribution in [0.5, 0.6) is 0 Å². The molecule has 1 amide bonds. The van der Waals surface area contributed by atoms with Gasteiger partial charge in [0.1, 0.15) is 12.4 Å². The van der Waals surface area contributed by atoms with Gasteiger partial charge in [0.05, 0.1) is 6.33 Å². The number of aromatic nitrogens is 5. The zero-order valence-electron chi connectivity index (χ0n) is 13.9. The van der Waals surface area contributed by atoms with Crippen molar-refractivity contribution in [1.29, 1.82) is 0 Å². The van der Waals surface area contributed by atoms with Gasteiger partial charge in [0.2, 0.25) is 11.9 Å². The molecule has 130 valence electrons. The first kappa shape index (κ1) is 15.9. The molecule has 1 aromatic carbocycles. The maximum Gasteiger partial charge on any atom is 0.249 e. The van der Waals surface area contributed by atoms with E-state index in [2.05, 4.69) is 20.4 Å². The van der Waals surface area contributed by atoms with Crippen LogP contribution in [-0.4, -0.2) is 30.1 Å². The summed E-state index contributed by atoms with van der Waals surface area (Å²) in [7, 11) is 0. The summed E-state index contributed by atoms with van der Waals surface area (Å²) >= 11 is 0. The minimum atomic E-state index is -0.293. The van der Waals surface area contributed by atoms with Gasteiger partial charge in [-0.1, -0.05) is 12.1 Å². The van der Waals surface area contributed by atoms with E-state index in [0.29, 0.717) is 16.8 Å². The highest BCUT2D eigenvalue weighted by atomic mass is 19.1. The number of fused-ring (bicyclic) bond motifs is 1. The van der Waals surface area contributed by atoms with Gasteiger partial charge in [0, 0.05) is 29.7 Å². The first-order valence-corrected chi connectivity index (χ1v) is 7.97. The van der Waals surface area contributed by atoms with Gasteiger partial charge in [-0.05, 0) is 30.7 Å². The molecule has 26 heavy (non-hydrogen) atoms. The molecule has 0 aliphatic carbocycles. The summed E-state index contributed by atoms with van der Waals surface area (Å²) < 4.78 is 17.3. The highest BCUT2D eigenvalue weighted by molar-refractivity contribution is 5.89. The third-order valence-electron chi connectivity index (χ3n) is 3.90. The van der Waals surface area contributed by atoms with Crippen LogP contribution < -0.4 is 5.32 Å². The van der Waals surface area contributed by atoms with E-state index in [9.17, 15) is 9.18 Å². The Bertz CT molecular complexity index is 1090. The lowest BCUT2D eigenvalue weighted by Gasteiger charge is -2.04. The van der Waals surface area contributed by atoms with Crippen LogP contribution in [0.4, 0.5) is 10.3 Å². The zero-order valence-corrected chi connectivity index (χ0v) is 13.9. The summed E-state index contributed by atoms with van der Waals surface area (Å²) in [6.45, 7) is 1.96. The smallest absolute Gasteiger partial charge is 0.249 e. The molecular formula is C18H15FN6O. The standard InChI is InChI=1S/C18H15FN6O/c1-12-2-4-14(15(19)8-12)13-3-5-16-21-18(23-25(16)9-13)22-17(26)10-24-7-6-20-11-24/h2-9,11H,10H2,1H3,(H,22,23,26).